The van der Waals surface area contributed by atoms with E-state index in [-0.39, 0.29) is 0 Å². The molecule has 1 heterocycles. The van der Waals surface area contributed by atoms with Crippen molar-refractivity contribution in [2.75, 3.05) is 18.0 Å². The number of hydrogen-bond donors (Lipinski definition) is 0. The summed E-state index contributed by atoms with van der Waals surface area (Å²) >= 11 is 0. The van der Waals surface area contributed by atoms with Crippen LogP contribution in [0.5, 0.6) is 0 Å². The van der Waals surface area contributed by atoms with Crippen LogP contribution >= 0.6 is 0 Å². The zero-order valence-corrected chi connectivity index (χ0v) is 13.4. The van der Waals surface area contributed by atoms with Gasteiger partial charge in [-0.2, -0.15) is 0 Å². The maximum Gasteiger partial charge on any atom is 0.165 e. The van der Waals surface area contributed by atoms with Crippen LogP contribution in [0.25, 0.3) is 0 Å². The van der Waals surface area contributed by atoms with Gasteiger partial charge in [0.2, 0.25) is 0 Å². The van der Waals surface area contributed by atoms with Crippen LogP contribution in [0, 0.1) is 0 Å². The standard InChI is InChI=1S/C19H29NO/c1-2-3-4-5-6-7-10-15-20-16-11-14-19(21)17-12-8-9-13-18(17)20/h8-9,12-13H,2-7,10-11,14-16H2,1H3. The molecule has 2 nitrogen and oxygen atoms in total. The van der Waals surface area contributed by atoms with Gasteiger partial charge in [0.05, 0.1) is 0 Å². The average molecular weight is 287 g/mol. The number of carbonyl (C=O) groups is 1. The summed E-state index contributed by atoms with van der Waals surface area (Å²) in [5.41, 5.74) is 2.09. The molecular formula is C19H29NO. The highest BCUT2D eigenvalue weighted by Gasteiger charge is 2.19. The van der Waals surface area contributed by atoms with E-state index in [2.05, 4.69) is 24.0 Å². The van der Waals surface area contributed by atoms with E-state index in [9.17, 15) is 4.79 Å². The monoisotopic (exact) mass is 287 g/mol. The summed E-state index contributed by atoms with van der Waals surface area (Å²) in [6, 6.07) is 8.13. The SMILES string of the molecule is CCCCCCCCCN1CCCC(=O)c2ccccc21. The van der Waals surface area contributed by atoms with E-state index in [1.807, 2.05) is 12.1 Å². The molecule has 0 unspecified atom stereocenters. The van der Waals surface area contributed by atoms with Gasteiger partial charge in [0.1, 0.15) is 0 Å². The van der Waals surface area contributed by atoms with Crippen molar-refractivity contribution in [3.8, 4) is 0 Å². The van der Waals surface area contributed by atoms with Crippen LogP contribution in [0.2, 0.25) is 0 Å². The summed E-state index contributed by atoms with van der Waals surface area (Å²) in [6.07, 6.45) is 11.1. The van der Waals surface area contributed by atoms with Gasteiger partial charge in [-0.3, -0.25) is 4.79 Å². The smallest absolute Gasteiger partial charge is 0.165 e. The topological polar surface area (TPSA) is 20.3 Å². The highest BCUT2D eigenvalue weighted by atomic mass is 16.1. The van der Waals surface area contributed by atoms with Gasteiger partial charge in [-0.1, -0.05) is 57.6 Å². The van der Waals surface area contributed by atoms with Crippen molar-refractivity contribution >= 4 is 11.5 Å². The molecule has 0 aliphatic carbocycles. The van der Waals surface area contributed by atoms with E-state index >= 15 is 0 Å². The van der Waals surface area contributed by atoms with Crippen molar-refractivity contribution in [2.24, 2.45) is 0 Å². The minimum atomic E-state index is 0.313. The Balaban J connectivity index is 1.80. The number of rotatable bonds is 8. The van der Waals surface area contributed by atoms with E-state index in [0.717, 1.165) is 30.8 Å². The largest absolute Gasteiger partial charge is 0.371 e. The Morgan fingerprint density at radius 3 is 2.52 bits per heavy atom. The minimum Gasteiger partial charge on any atom is -0.371 e. The van der Waals surface area contributed by atoms with Crippen LogP contribution < -0.4 is 4.90 Å². The number of unbranched alkanes of at least 4 members (excludes halogenated alkanes) is 6. The summed E-state index contributed by atoms with van der Waals surface area (Å²) in [7, 11) is 0. The zero-order valence-electron chi connectivity index (χ0n) is 13.4. The lowest BCUT2D eigenvalue weighted by Gasteiger charge is -2.24. The number of Topliss-reactive ketones (excluding diaryl/α,β-unsaturated/α-hetero) is 1. The molecule has 1 aliphatic rings. The second-order valence-electron chi connectivity index (χ2n) is 6.15. The molecule has 0 aromatic heterocycles. The molecular weight excluding hydrogens is 258 g/mol. The summed E-state index contributed by atoms with van der Waals surface area (Å²) in [6.45, 7) is 4.38. The minimum absolute atomic E-state index is 0.313. The van der Waals surface area contributed by atoms with E-state index in [1.54, 1.807) is 0 Å². The van der Waals surface area contributed by atoms with Gasteiger partial charge in [0, 0.05) is 30.8 Å². The van der Waals surface area contributed by atoms with Crippen molar-refractivity contribution in [1.29, 1.82) is 0 Å². The third-order valence-corrected chi connectivity index (χ3v) is 4.41. The number of carbonyl (C=O) groups excluding carboxylic acids is 1. The molecule has 2 rings (SSSR count). The van der Waals surface area contributed by atoms with Crippen molar-refractivity contribution in [2.45, 2.75) is 64.7 Å². The Kier molecular flexibility index (Phi) is 6.78. The molecule has 21 heavy (non-hydrogen) atoms. The second kappa shape index (κ2) is 8.86. The quantitative estimate of drug-likeness (QED) is 0.611. The van der Waals surface area contributed by atoms with Crippen molar-refractivity contribution in [3.05, 3.63) is 29.8 Å². The van der Waals surface area contributed by atoms with Gasteiger partial charge in [0.15, 0.2) is 5.78 Å². The first-order chi connectivity index (χ1) is 10.3. The number of para-hydroxylation sites is 1. The summed E-state index contributed by atoms with van der Waals surface area (Å²) in [5, 5.41) is 0. The molecule has 0 bridgehead atoms. The maximum absolute atomic E-state index is 12.1. The van der Waals surface area contributed by atoms with E-state index < -0.39 is 0 Å². The molecule has 2 heteroatoms. The Hall–Kier alpha value is -1.31. The fraction of sp³-hybridized carbons (Fsp3) is 0.632. The van der Waals surface area contributed by atoms with Crippen molar-refractivity contribution in [1.82, 2.24) is 0 Å². The van der Waals surface area contributed by atoms with Gasteiger partial charge < -0.3 is 4.90 Å². The molecule has 116 valence electrons. The molecule has 1 aliphatic heterocycles. The summed E-state index contributed by atoms with van der Waals surface area (Å²) in [5.74, 6) is 0.313. The van der Waals surface area contributed by atoms with Crippen LogP contribution in [0.15, 0.2) is 24.3 Å². The van der Waals surface area contributed by atoms with Crippen LogP contribution in [0.1, 0.15) is 75.1 Å². The van der Waals surface area contributed by atoms with Gasteiger partial charge in [-0.05, 0) is 25.0 Å². The first-order valence-electron chi connectivity index (χ1n) is 8.70. The molecule has 0 atom stereocenters. The molecule has 0 saturated carbocycles. The number of ketones is 1. The molecule has 0 radical (unpaired) electrons. The zero-order chi connectivity index (χ0) is 14.9. The first kappa shape index (κ1) is 16.1. The number of anilines is 1. The first-order valence-corrected chi connectivity index (χ1v) is 8.70. The fourth-order valence-electron chi connectivity index (χ4n) is 3.16. The fourth-order valence-corrected chi connectivity index (χ4v) is 3.16. The Morgan fingerprint density at radius 2 is 1.71 bits per heavy atom. The van der Waals surface area contributed by atoms with Crippen molar-refractivity contribution < 1.29 is 4.79 Å². The molecule has 0 spiro atoms. The van der Waals surface area contributed by atoms with E-state index in [4.69, 9.17) is 0 Å². The number of hydrogen-bond acceptors (Lipinski definition) is 2. The molecule has 0 N–H and O–H groups in total. The lowest BCUT2D eigenvalue weighted by Crippen LogP contribution is -2.25. The normalized spacial score (nSPS) is 14.9. The average Bonchev–Trinajstić information content (AvgIpc) is 2.67. The van der Waals surface area contributed by atoms with Crippen LogP contribution in [-0.4, -0.2) is 18.9 Å². The Labute approximate surface area is 129 Å². The van der Waals surface area contributed by atoms with Crippen molar-refractivity contribution in [3.63, 3.8) is 0 Å². The van der Waals surface area contributed by atoms with Gasteiger partial charge in [-0.15, -0.1) is 0 Å². The van der Waals surface area contributed by atoms with Gasteiger partial charge >= 0.3 is 0 Å². The predicted octanol–water partition coefficient (Wildman–Crippen LogP) is 5.22. The van der Waals surface area contributed by atoms with Crippen LogP contribution in [0.4, 0.5) is 5.69 Å². The summed E-state index contributed by atoms with van der Waals surface area (Å²) < 4.78 is 0. The third kappa shape index (κ3) is 4.87. The highest BCUT2D eigenvalue weighted by Crippen LogP contribution is 2.26. The van der Waals surface area contributed by atoms with Gasteiger partial charge in [0.25, 0.3) is 0 Å². The molecule has 1 aromatic carbocycles. The third-order valence-electron chi connectivity index (χ3n) is 4.41. The lowest BCUT2D eigenvalue weighted by atomic mass is 10.1. The number of benzene rings is 1. The highest BCUT2D eigenvalue weighted by molar-refractivity contribution is 6.01. The molecule has 0 fully saturated rings. The predicted molar refractivity (Wildman–Crippen MR) is 90.2 cm³/mol. The lowest BCUT2D eigenvalue weighted by molar-refractivity contribution is 0.0984. The van der Waals surface area contributed by atoms with Crippen LogP contribution in [-0.2, 0) is 0 Å². The Bertz CT molecular complexity index is 441. The molecule has 0 amide bonds. The Morgan fingerprint density at radius 1 is 1.00 bits per heavy atom. The molecule has 0 saturated heterocycles. The number of fused-ring (bicyclic) bond motifs is 1. The van der Waals surface area contributed by atoms with E-state index in [1.165, 1.54) is 44.9 Å². The second-order valence-corrected chi connectivity index (χ2v) is 6.15. The number of nitrogens with zero attached hydrogens (tertiary/aromatic N) is 1. The van der Waals surface area contributed by atoms with E-state index in [0.29, 0.717) is 12.2 Å². The maximum atomic E-state index is 12.1. The molecule has 1 aromatic rings. The summed E-state index contributed by atoms with van der Waals surface area (Å²) in [4.78, 5) is 14.5. The van der Waals surface area contributed by atoms with Gasteiger partial charge in [-0.25, -0.2) is 0 Å². The van der Waals surface area contributed by atoms with Crippen LogP contribution in [0.3, 0.4) is 0 Å².